The van der Waals surface area contributed by atoms with Gasteiger partial charge in [-0.15, -0.1) is 11.3 Å². The second-order valence-electron chi connectivity index (χ2n) is 4.55. The topological polar surface area (TPSA) is 54.7 Å². The predicted molar refractivity (Wildman–Crippen MR) is 68.6 cm³/mol. The van der Waals surface area contributed by atoms with Gasteiger partial charge in [0.05, 0.1) is 16.8 Å². The van der Waals surface area contributed by atoms with Crippen LogP contribution in [0.15, 0.2) is 23.7 Å². The number of aromatic nitrogens is 2. The molecule has 2 aromatic heterocycles. The van der Waals surface area contributed by atoms with Crippen molar-refractivity contribution in [2.75, 3.05) is 6.54 Å². The first-order valence-electron chi connectivity index (χ1n) is 5.43. The Labute approximate surface area is 99.7 Å². The van der Waals surface area contributed by atoms with Crippen LogP contribution in [0.3, 0.4) is 0 Å². The van der Waals surface area contributed by atoms with Gasteiger partial charge in [-0.3, -0.25) is 0 Å². The van der Waals surface area contributed by atoms with E-state index in [1.54, 1.807) is 11.3 Å². The molecule has 0 aliphatic rings. The summed E-state index contributed by atoms with van der Waals surface area (Å²) in [7, 11) is 0. The lowest BCUT2D eigenvalue weighted by Gasteiger charge is -2.20. The zero-order valence-corrected chi connectivity index (χ0v) is 10.5. The minimum atomic E-state index is 0.0181. The fourth-order valence-corrected chi connectivity index (χ4v) is 2.39. The van der Waals surface area contributed by atoms with Crippen molar-refractivity contribution in [1.82, 2.24) is 9.97 Å². The first-order chi connectivity index (χ1) is 7.63. The SMILES string of the molecule is CC(C)(CCN)c1ncc(-c2cccs2)[nH]1. The standard InChI is InChI=1S/C12H17N3S/c1-12(2,5-6-13)11-14-8-9(15-11)10-4-3-7-16-10/h3-4,7-8H,5-6,13H2,1-2H3,(H,14,15). The van der Waals surface area contributed by atoms with Crippen LogP contribution in [0.2, 0.25) is 0 Å². The van der Waals surface area contributed by atoms with Gasteiger partial charge in [-0.1, -0.05) is 19.9 Å². The number of nitrogens with zero attached hydrogens (tertiary/aromatic N) is 1. The molecule has 2 heterocycles. The molecular formula is C12H17N3S. The van der Waals surface area contributed by atoms with Gasteiger partial charge >= 0.3 is 0 Å². The summed E-state index contributed by atoms with van der Waals surface area (Å²) >= 11 is 1.72. The maximum absolute atomic E-state index is 5.61. The molecule has 4 heteroatoms. The zero-order valence-electron chi connectivity index (χ0n) is 9.66. The summed E-state index contributed by atoms with van der Waals surface area (Å²) in [5.41, 5.74) is 6.72. The second kappa shape index (κ2) is 4.39. The third-order valence-electron chi connectivity index (χ3n) is 2.77. The second-order valence-corrected chi connectivity index (χ2v) is 5.49. The van der Waals surface area contributed by atoms with Crippen LogP contribution in [0.5, 0.6) is 0 Å². The molecule has 0 saturated heterocycles. The molecule has 16 heavy (non-hydrogen) atoms. The maximum Gasteiger partial charge on any atom is 0.112 e. The molecule has 0 aliphatic carbocycles. The van der Waals surface area contributed by atoms with Gasteiger partial charge in [-0.05, 0) is 24.4 Å². The van der Waals surface area contributed by atoms with Crippen molar-refractivity contribution in [2.24, 2.45) is 5.73 Å². The van der Waals surface area contributed by atoms with Crippen LogP contribution in [0, 0.1) is 0 Å². The van der Waals surface area contributed by atoms with Gasteiger partial charge in [-0.25, -0.2) is 4.98 Å². The van der Waals surface area contributed by atoms with Crippen molar-refractivity contribution >= 4 is 11.3 Å². The van der Waals surface area contributed by atoms with Gasteiger partial charge in [0.15, 0.2) is 0 Å². The van der Waals surface area contributed by atoms with Gasteiger partial charge in [0.1, 0.15) is 5.82 Å². The highest BCUT2D eigenvalue weighted by Crippen LogP contribution is 2.28. The minimum Gasteiger partial charge on any atom is -0.341 e. The predicted octanol–water partition coefficient (Wildman–Crippen LogP) is 2.76. The lowest BCUT2D eigenvalue weighted by Crippen LogP contribution is -2.23. The van der Waals surface area contributed by atoms with E-state index in [4.69, 9.17) is 5.73 Å². The Morgan fingerprint density at radius 2 is 2.31 bits per heavy atom. The molecular weight excluding hydrogens is 218 g/mol. The van der Waals surface area contributed by atoms with Crippen molar-refractivity contribution < 1.29 is 0 Å². The number of nitrogens with two attached hydrogens (primary N) is 1. The van der Waals surface area contributed by atoms with Crippen molar-refractivity contribution in [2.45, 2.75) is 25.7 Å². The third kappa shape index (κ3) is 2.18. The summed E-state index contributed by atoms with van der Waals surface area (Å²) in [6.07, 6.45) is 2.84. The number of hydrogen-bond donors (Lipinski definition) is 2. The van der Waals surface area contributed by atoms with Crippen molar-refractivity contribution in [3.05, 3.63) is 29.5 Å². The van der Waals surface area contributed by atoms with E-state index in [0.717, 1.165) is 17.9 Å². The number of thiophene rings is 1. The van der Waals surface area contributed by atoms with Crippen LogP contribution in [0.1, 0.15) is 26.1 Å². The van der Waals surface area contributed by atoms with E-state index in [1.165, 1.54) is 4.88 Å². The lowest BCUT2D eigenvalue weighted by molar-refractivity contribution is 0.462. The highest BCUT2D eigenvalue weighted by atomic mass is 32.1. The number of rotatable bonds is 4. The smallest absolute Gasteiger partial charge is 0.112 e. The third-order valence-corrected chi connectivity index (χ3v) is 3.68. The Hall–Kier alpha value is -1.13. The minimum absolute atomic E-state index is 0.0181. The van der Waals surface area contributed by atoms with Gasteiger partial charge in [0.2, 0.25) is 0 Å². The number of imidazole rings is 1. The van der Waals surface area contributed by atoms with Crippen LogP contribution in [-0.2, 0) is 5.41 Å². The molecule has 0 aliphatic heterocycles. The van der Waals surface area contributed by atoms with Gasteiger partial charge in [0.25, 0.3) is 0 Å². The maximum atomic E-state index is 5.61. The van der Waals surface area contributed by atoms with Gasteiger partial charge in [0, 0.05) is 5.41 Å². The molecule has 0 bridgehead atoms. The van der Waals surface area contributed by atoms with Gasteiger partial charge in [-0.2, -0.15) is 0 Å². The average Bonchev–Trinajstić information content (AvgIpc) is 2.89. The summed E-state index contributed by atoms with van der Waals surface area (Å²) in [5.74, 6) is 1.02. The van der Waals surface area contributed by atoms with E-state index in [9.17, 15) is 0 Å². The Balaban J connectivity index is 2.26. The largest absolute Gasteiger partial charge is 0.341 e. The van der Waals surface area contributed by atoms with E-state index in [-0.39, 0.29) is 5.41 Å². The molecule has 0 atom stereocenters. The Morgan fingerprint density at radius 1 is 1.50 bits per heavy atom. The van der Waals surface area contributed by atoms with Crippen LogP contribution >= 0.6 is 11.3 Å². The van der Waals surface area contributed by atoms with E-state index < -0.39 is 0 Å². The van der Waals surface area contributed by atoms with Crippen molar-refractivity contribution in [3.8, 4) is 10.6 Å². The van der Waals surface area contributed by atoms with Crippen molar-refractivity contribution in [1.29, 1.82) is 0 Å². The molecule has 0 amide bonds. The summed E-state index contributed by atoms with van der Waals surface area (Å²) in [6.45, 7) is 5.01. The highest BCUT2D eigenvalue weighted by molar-refractivity contribution is 7.13. The van der Waals surface area contributed by atoms with E-state index in [1.807, 2.05) is 12.3 Å². The molecule has 3 N–H and O–H groups in total. The first kappa shape index (κ1) is 11.4. The molecule has 3 nitrogen and oxygen atoms in total. The number of H-pyrrole nitrogens is 1. The van der Waals surface area contributed by atoms with Crippen LogP contribution < -0.4 is 5.73 Å². The Kier molecular flexibility index (Phi) is 3.12. The summed E-state index contributed by atoms with van der Waals surface area (Å²) in [4.78, 5) is 9.07. The molecule has 0 unspecified atom stereocenters. The number of aromatic amines is 1. The van der Waals surface area contributed by atoms with E-state index in [2.05, 4.69) is 35.3 Å². The van der Waals surface area contributed by atoms with Crippen LogP contribution in [0.25, 0.3) is 10.6 Å². The fourth-order valence-electron chi connectivity index (χ4n) is 1.70. The molecule has 0 aromatic carbocycles. The molecule has 0 spiro atoms. The molecule has 86 valence electrons. The van der Waals surface area contributed by atoms with E-state index >= 15 is 0 Å². The van der Waals surface area contributed by atoms with E-state index in [0.29, 0.717) is 6.54 Å². The molecule has 0 radical (unpaired) electrons. The monoisotopic (exact) mass is 235 g/mol. The molecule has 0 fully saturated rings. The quantitative estimate of drug-likeness (QED) is 0.856. The molecule has 0 saturated carbocycles. The Morgan fingerprint density at radius 3 is 2.94 bits per heavy atom. The number of nitrogens with one attached hydrogen (secondary N) is 1. The first-order valence-corrected chi connectivity index (χ1v) is 6.31. The summed E-state index contributed by atoms with van der Waals surface area (Å²) in [6, 6.07) is 4.14. The lowest BCUT2D eigenvalue weighted by atomic mass is 9.88. The van der Waals surface area contributed by atoms with Gasteiger partial charge < -0.3 is 10.7 Å². The van der Waals surface area contributed by atoms with Crippen LogP contribution in [0.4, 0.5) is 0 Å². The normalized spacial score (nSPS) is 11.9. The van der Waals surface area contributed by atoms with Crippen molar-refractivity contribution in [3.63, 3.8) is 0 Å². The zero-order chi connectivity index (χ0) is 11.6. The van der Waals surface area contributed by atoms with Crippen LogP contribution in [-0.4, -0.2) is 16.5 Å². The average molecular weight is 235 g/mol. The summed E-state index contributed by atoms with van der Waals surface area (Å²) < 4.78 is 0. The Bertz CT molecular complexity index is 443. The number of hydrogen-bond acceptors (Lipinski definition) is 3. The molecule has 2 rings (SSSR count). The fraction of sp³-hybridized carbons (Fsp3) is 0.417. The molecule has 2 aromatic rings. The summed E-state index contributed by atoms with van der Waals surface area (Å²) in [5, 5.41) is 2.07. The highest BCUT2D eigenvalue weighted by Gasteiger charge is 2.23.